The minimum Gasteiger partial charge on any atom is -0.350 e. The van der Waals surface area contributed by atoms with E-state index in [1.165, 1.54) is 11.1 Å². The van der Waals surface area contributed by atoms with Gasteiger partial charge in [0.05, 0.1) is 0 Å². The summed E-state index contributed by atoms with van der Waals surface area (Å²) in [5.74, 6) is 0.582. The Balaban J connectivity index is 2.12. The molecule has 0 radical (unpaired) electrons. The van der Waals surface area contributed by atoms with Crippen molar-refractivity contribution in [3.8, 4) is 0 Å². The van der Waals surface area contributed by atoms with Crippen LogP contribution in [0.4, 0.5) is 0 Å². The van der Waals surface area contributed by atoms with E-state index in [9.17, 15) is 0 Å². The van der Waals surface area contributed by atoms with Crippen LogP contribution < -0.4 is 5.32 Å². The van der Waals surface area contributed by atoms with Crippen molar-refractivity contribution in [1.29, 1.82) is 0 Å². The molecule has 1 atom stereocenters. The third kappa shape index (κ3) is 3.93. The molecule has 2 heterocycles. The molecule has 0 saturated heterocycles. The number of hydrogen-bond donors (Lipinski definition) is 1. The standard InChI is InChI=1S/C16H22BrN3/c1-4-19-16(12(2)3)14-5-6-20(11-14)10-13-7-15(17)9-18-8-13/h5-9,11-12,16,19H,4,10H2,1-3H3. The summed E-state index contributed by atoms with van der Waals surface area (Å²) >= 11 is 3.46. The van der Waals surface area contributed by atoms with E-state index in [-0.39, 0.29) is 0 Å². The summed E-state index contributed by atoms with van der Waals surface area (Å²) in [5, 5.41) is 3.55. The largest absolute Gasteiger partial charge is 0.350 e. The van der Waals surface area contributed by atoms with Crippen LogP contribution in [0, 0.1) is 5.92 Å². The summed E-state index contributed by atoms with van der Waals surface area (Å²) in [7, 11) is 0. The minimum absolute atomic E-state index is 0.418. The number of pyridine rings is 1. The fourth-order valence-electron chi connectivity index (χ4n) is 2.45. The van der Waals surface area contributed by atoms with Gasteiger partial charge in [0, 0.05) is 41.8 Å². The highest BCUT2D eigenvalue weighted by Gasteiger charge is 2.15. The molecule has 2 rings (SSSR count). The van der Waals surface area contributed by atoms with Crippen LogP contribution in [-0.4, -0.2) is 16.1 Å². The first-order valence-electron chi connectivity index (χ1n) is 7.08. The van der Waals surface area contributed by atoms with Gasteiger partial charge in [-0.2, -0.15) is 0 Å². The summed E-state index contributed by atoms with van der Waals surface area (Å²) in [6.07, 6.45) is 8.09. The molecule has 2 aromatic heterocycles. The van der Waals surface area contributed by atoms with Crippen LogP contribution in [0.25, 0.3) is 0 Å². The zero-order chi connectivity index (χ0) is 14.5. The number of hydrogen-bond acceptors (Lipinski definition) is 2. The van der Waals surface area contributed by atoms with E-state index in [0.717, 1.165) is 17.6 Å². The quantitative estimate of drug-likeness (QED) is 0.864. The molecule has 2 aromatic rings. The smallest absolute Gasteiger partial charge is 0.0485 e. The predicted octanol–water partition coefficient (Wildman–Crippen LogP) is 4.00. The van der Waals surface area contributed by atoms with Crippen LogP contribution in [0.15, 0.2) is 41.4 Å². The van der Waals surface area contributed by atoms with Gasteiger partial charge in [-0.1, -0.05) is 20.8 Å². The first-order chi connectivity index (χ1) is 9.60. The van der Waals surface area contributed by atoms with Crippen LogP contribution >= 0.6 is 15.9 Å². The lowest BCUT2D eigenvalue weighted by atomic mass is 9.98. The summed E-state index contributed by atoms with van der Waals surface area (Å²) in [5.41, 5.74) is 2.55. The lowest BCUT2D eigenvalue weighted by Gasteiger charge is -2.20. The molecule has 20 heavy (non-hydrogen) atoms. The average Bonchev–Trinajstić information content (AvgIpc) is 2.83. The minimum atomic E-state index is 0.418. The van der Waals surface area contributed by atoms with Gasteiger partial charge in [-0.25, -0.2) is 0 Å². The van der Waals surface area contributed by atoms with Crippen molar-refractivity contribution in [3.05, 3.63) is 52.5 Å². The zero-order valence-electron chi connectivity index (χ0n) is 12.3. The second-order valence-electron chi connectivity index (χ2n) is 5.41. The highest BCUT2D eigenvalue weighted by atomic mass is 79.9. The van der Waals surface area contributed by atoms with Crippen LogP contribution in [0.5, 0.6) is 0 Å². The topological polar surface area (TPSA) is 29.9 Å². The van der Waals surface area contributed by atoms with Gasteiger partial charge in [-0.3, -0.25) is 4.98 Å². The number of aromatic nitrogens is 2. The molecule has 0 spiro atoms. The molecule has 0 saturated carbocycles. The fraction of sp³-hybridized carbons (Fsp3) is 0.438. The molecule has 108 valence electrons. The number of nitrogens with zero attached hydrogens (tertiary/aromatic N) is 2. The average molecular weight is 336 g/mol. The number of rotatable bonds is 6. The maximum atomic E-state index is 4.21. The highest BCUT2D eigenvalue weighted by molar-refractivity contribution is 9.10. The molecular weight excluding hydrogens is 314 g/mol. The van der Waals surface area contributed by atoms with E-state index in [0.29, 0.717) is 12.0 Å². The molecule has 3 nitrogen and oxygen atoms in total. The SMILES string of the molecule is CCNC(c1ccn(Cc2cncc(Br)c2)c1)C(C)C. The van der Waals surface area contributed by atoms with E-state index in [4.69, 9.17) is 0 Å². The van der Waals surface area contributed by atoms with Crippen LogP contribution in [0.2, 0.25) is 0 Å². The molecule has 1 N–H and O–H groups in total. The van der Waals surface area contributed by atoms with E-state index >= 15 is 0 Å². The molecule has 1 unspecified atom stereocenters. The van der Waals surface area contributed by atoms with Crippen molar-refractivity contribution in [1.82, 2.24) is 14.9 Å². The van der Waals surface area contributed by atoms with E-state index in [1.807, 2.05) is 12.4 Å². The Bertz CT molecular complexity index is 548. The predicted molar refractivity (Wildman–Crippen MR) is 86.7 cm³/mol. The Kier molecular flexibility index (Phi) is 5.38. The number of nitrogens with one attached hydrogen (secondary N) is 1. The van der Waals surface area contributed by atoms with Gasteiger partial charge in [0.2, 0.25) is 0 Å². The monoisotopic (exact) mass is 335 g/mol. The number of halogens is 1. The summed E-state index contributed by atoms with van der Waals surface area (Å²) in [6, 6.07) is 4.73. The molecule has 4 heteroatoms. The fourth-order valence-corrected chi connectivity index (χ4v) is 2.87. The third-order valence-electron chi connectivity index (χ3n) is 3.35. The summed E-state index contributed by atoms with van der Waals surface area (Å²) in [4.78, 5) is 4.21. The Hall–Kier alpha value is -1.13. The van der Waals surface area contributed by atoms with Crippen molar-refractivity contribution in [3.63, 3.8) is 0 Å². The maximum absolute atomic E-state index is 4.21. The molecule has 0 aliphatic carbocycles. The Morgan fingerprint density at radius 2 is 2.15 bits per heavy atom. The second-order valence-corrected chi connectivity index (χ2v) is 6.32. The molecule has 0 aromatic carbocycles. The normalized spacial score (nSPS) is 12.8. The second kappa shape index (κ2) is 7.04. The summed E-state index contributed by atoms with van der Waals surface area (Å²) in [6.45, 7) is 8.50. The van der Waals surface area contributed by atoms with E-state index < -0.39 is 0 Å². The van der Waals surface area contributed by atoms with Gasteiger partial charge in [0.15, 0.2) is 0 Å². The van der Waals surface area contributed by atoms with Gasteiger partial charge < -0.3 is 9.88 Å². The highest BCUT2D eigenvalue weighted by Crippen LogP contribution is 2.22. The van der Waals surface area contributed by atoms with Gasteiger partial charge in [-0.15, -0.1) is 0 Å². The van der Waals surface area contributed by atoms with E-state index in [2.05, 4.69) is 76.1 Å². The molecule has 0 amide bonds. The molecule has 0 bridgehead atoms. The molecule has 0 aliphatic rings. The Morgan fingerprint density at radius 1 is 1.35 bits per heavy atom. The van der Waals surface area contributed by atoms with Gasteiger partial charge in [0.1, 0.15) is 0 Å². The van der Waals surface area contributed by atoms with Crippen LogP contribution in [0.1, 0.15) is 37.9 Å². The van der Waals surface area contributed by atoms with Gasteiger partial charge in [-0.05, 0) is 51.7 Å². The first-order valence-corrected chi connectivity index (χ1v) is 7.88. The molecule has 0 aliphatic heterocycles. The molecule has 0 fully saturated rings. The lowest BCUT2D eigenvalue weighted by Crippen LogP contribution is -2.25. The van der Waals surface area contributed by atoms with Crippen molar-refractivity contribution < 1.29 is 0 Å². The summed E-state index contributed by atoms with van der Waals surface area (Å²) < 4.78 is 3.24. The molecular formula is C16H22BrN3. The van der Waals surface area contributed by atoms with Crippen molar-refractivity contribution in [2.75, 3.05) is 6.54 Å². The Morgan fingerprint density at radius 3 is 2.80 bits per heavy atom. The first kappa shape index (κ1) is 15.3. The van der Waals surface area contributed by atoms with Gasteiger partial charge >= 0.3 is 0 Å². The van der Waals surface area contributed by atoms with Crippen molar-refractivity contribution >= 4 is 15.9 Å². The van der Waals surface area contributed by atoms with Crippen molar-refractivity contribution in [2.45, 2.75) is 33.4 Å². The lowest BCUT2D eigenvalue weighted by molar-refractivity contribution is 0.421. The maximum Gasteiger partial charge on any atom is 0.0485 e. The van der Waals surface area contributed by atoms with Crippen LogP contribution in [0.3, 0.4) is 0 Å². The van der Waals surface area contributed by atoms with E-state index in [1.54, 1.807) is 0 Å². The Labute approximate surface area is 129 Å². The van der Waals surface area contributed by atoms with Gasteiger partial charge in [0.25, 0.3) is 0 Å². The zero-order valence-corrected chi connectivity index (χ0v) is 13.9. The third-order valence-corrected chi connectivity index (χ3v) is 3.78. The van der Waals surface area contributed by atoms with Crippen LogP contribution in [-0.2, 0) is 6.54 Å². The van der Waals surface area contributed by atoms with Crippen molar-refractivity contribution in [2.24, 2.45) is 5.92 Å².